The summed E-state index contributed by atoms with van der Waals surface area (Å²) in [4.78, 5) is 9.24. The highest BCUT2D eigenvalue weighted by Crippen LogP contribution is 2.25. The Morgan fingerprint density at radius 1 is 1.28 bits per heavy atom. The zero-order valence-corrected chi connectivity index (χ0v) is 15.2. The lowest BCUT2D eigenvalue weighted by atomic mass is 10.0. The molecule has 0 spiro atoms. The van der Waals surface area contributed by atoms with Crippen molar-refractivity contribution in [3.8, 4) is 0 Å². The van der Waals surface area contributed by atoms with Gasteiger partial charge in [0, 0.05) is 31.3 Å². The van der Waals surface area contributed by atoms with Gasteiger partial charge in [0.25, 0.3) is 0 Å². The molecular weight excluding hydrogens is 312 g/mol. The first-order valence-electron chi connectivity index (χ1n) is 9.19. The van der Waals surface area contributed by atoms with E-state index in [2.05, 4.69) is 53.7 Å². The average molecular weight is 340 g/mol. The van der Waals surface area contributed by atoms with E-state index in [1.807, 2.05) is 12.3 Å². The van der Waals surface area contributed by atoms with Crippen molar-refractivity contribution in [3.63, 3.8) is 0 Å². The van der Waals surface area contributed by atoms with Crippen LogP contribution in [-0.2, 0) is 11.2 Å². The molecule has 3 rings (SSSR count). The third-order valence-corrected chi connectivity index (χ3v) is 4.62. The molecule has 1 aliphatic heterocycles. The van der Waals surface area contributed by atoms with Crippen LogP contribution in [-0.4, -0.2) is 42.8 Å². The van der Waals surface area contributed by atoms with E-state index < -0.39 is 0 Å². The Kier molecular flexibility index (Phi) is 5.87. The second-order valence-electron chi connectivity index (χ2n) is 6.77. The summed E-state index contributed by atoms with van der Waals surface area (Å²) in [5.41, 5.74) is 2.23. The molecule has 25 heavy (non-hydrogen) atoms. The highest BCUT2D eigenvalue weighted by Gasteiger charge is 2.29. The lowest BCUT2D eigenvalue weighted by molar-refractivity contribution is 0.0283. The number of ether oxygens (including phenoxy) is 1. The second kappa shape index (κ2) is 8.30. The Hall–Kier alpha value is -2.14. The van der Waals surface area contributed by atoms with Crippen LogP contribution in [0.5, 0.6) is 0 Å². The van der Waals surface area contributed by atoms with Crippen LogP contribution in [0.4, 0.5) is 0 Å². The van der Waals surface area contributed by atoms with E-state index >= 15 is 0 Å². The number of pyridine rings is 1. The number of aromatic nitrogens is 1. The van der Waals surface area contributed by atoms with Crippen molar-refractivity contribution in [3.05, 3.63) is 42.1 Å². The fourth-order valence-electron chi connectivity index (χ4n) is 3.23. The first kappa shape index (κ1) is 17.7. The molecule has 1 aromatic heterocycles. The molecular formula is C20H28N4O. The minimum atomic E-state index is -0.109. The molecule has 0 radical (unpaired) electrons. The van der Waals surface area contributed by atoms with Gasteiger partial charge in [0.15, 0.2) is 5.96 Å². The molecule has 1 unspecified atom stereocenters. The molecule has 0 amide bonds. The summed E-state index contributed by atoms with van der Waals surface area (Å²) in [5.74, 6) is 0.854. The van der Waals surface area contributed by atoms with E-state index in [-0.39, 0.29) is 5.60 Å². The SMILES string of the molecule is CCNC(=NCC1(C)CCCO1)NCCc1cccc2cccnc12. The van der Waals surface area contributed by atoms with Gasteiger partial charge in [-0.3, -0.25) is 9.98 Å². The summed E-state index contributed by atoms with van der Waals surface area (Å²) in [6.45, 7) is 7.44. The zero-order valence-electron chi connectivity index (χ0n) is 15.2. The topological polar surface area (TPSA) is 58.5 Å². The minimum Gasteiger partial charge on any atom is -0.373 e. The van der Waals surface area contributed by atoms with Crippen LogP contribution in [0.2, 0.25) is 0 Å². The van der Waals surface area contributed by atoms with Crippen molar-refractivity contribution in [1.82, 2.24) is 15.6 Å². The Balaban J connectivity index is 1.59. The van der Waals surface area contributed by atoms with Gasteiger partial charge >= 0.3 is 0 Å². The molecule has 1 atom stereocenters. The summed E-state index contributed by atoms with van der Waals surface area (Å²) < 4.78 is 5.82. The van der Waals surface area contributed by atoms with Crippen LogP contribution < -0.4 is 10.6 Å². The van der Waals surface area contributed by atoms with Crippen LogP contribution in [0.3, 0.4) is 0 Å². The maximum Gasteiger partial charge on any atom is 0.191 e. The van der Waals surface area contributed by atoms with Gasteiger partial charge in [-0.1, -0.05) is 24.3 Å². The lowest BCUT2D eigenvalue weighted by Gasteiger charge is -2.21. The first-order valence-corrected chi connectivity index (χ1v) is 9.19. The monoisotopic (exact) mass is 340 g/mol. The number of para-hydroxylation sites is 1. The molecule has 1 aromatic carbocycles. The van der Waals surface area contributed by atoms with Crippen molar-refractivity contribution >= 4 is 16.9 Å². The van der Waals surface area contributed by atoms with Crippen LogP contribution in [0.15, 0.2) is 41.5 Å². The number of fused-ring (bicyclic) bond motifs is 1. The van der Waals surface area contributed by atoms with Gasteiger partial charge in [0.05, 0.1) is 17.7 Å². The summed E-state index contributed by atoms with van der Waals surface area (Å²) in [6, 6.07) is 10.4. The summed E-state index contributed by atoms with van der Waals surface area (Å²) in [7, 11) is 0. The van der Waals surface area contributed by atoms with Gasteiger partial charge in [-0.05, 0) is 44.7 Å². The van der Waals surface area contributed by atoms with Gasteiger partial charge in [0.1, 0.15) is 0 Å². The highest BCUT2D eigenvalue weighted by molar-refractivity contribution is 5.82. The van der Waals surface area contributed by atoms with Crippen molar-refractivity contribution in [1.29, 1.82) is 0 Å². The summed E-state index contributed by atoms with van der Waals surface area (Å²) >= 11 is 0. The Morgan fingerprint density at radius 3 is 2.96 bits per heavy atom. The molecule has 5 heteroatoms. The van der Waals surface area contributed by atoms with Crippen LogP contribution >= 0.6 is 0 Å². The number of aliphatic imine (C=N–C) groups is 1. The third kappa shape index (κ3) is 4.69. The van der Waals surface area contributed by atoms with Crippen LogP contribution in [0, 0.1) is 0 Å². The zero-order chi connectivity index (χ0) is 17.5. The highest BCUT2D eigenvalue weighted by atomic mass is 16.5. The minimum absolute atomic E-state index is 0.109. The van der Waals surface area contributed by atoms with Gasteiger partial charge in [-0.15, -0.1) is 0 Å². The standard InChI is InChI=1S/C20H28N4O/c1-3-21-19(24-15-20(2)11-6-14-25-20)23-13-10-17-8-4-7-16-9-5-12-22-18(16)17/h4-5,7-9,12H,3,6,10-11,13-15H2,1-2H3,(H2,21,23,24). The van der Waals surface area contributed by atoms with Gasteiger partial charge in [0.2, 0.25) is 0 Å². The number of nitrogens with zero attached hydrogens (tertiary/aromatic N) is 2. The molecule has 0 saturated carbocycles. The first-order chi connectivity index (χ1) is 12.2. The molecule has 1 aliphatic rings. The molecule has 1 saturated heterocycles. The smallest absolute Gasteiger partial charge is 0.191 e. The molecule has 2 N–H and O–H groups in total. The number of benzene rings is 1. The quantitative estimate of drug-likeness (QED) is 0.627. The Bertz CT molecular complexity index is 717. The van der Waals surface area contributed by atoms with Crippen LogP contribution in [0.1, 0.15) is 32.3 Å². The van der Waals surface area contributed by atoms with Crippen molar-refractivity contribution < 1.29 is 4.74 Å². The fourth-order valence-corrected chi connectivity index (χ4v) is 3.23. The number of hydrogen-bond acceptors (Lipinski definition) is 3. The third-order valence-electron chi connectivity index (χ3n) is 4.62. The number of guanidine groups is 1. The van der Waals surface area contributed by atoms with E-state index in [4.69, 9.17) is 9.73 Å². The lowest BCUT2D eigenvalue weighted by Crippen LogP contribution is -2.40. The summed E-state index contributed by atoms with van der Waals surface area (Å²) in [5, 5.41) is 7.93. The van der Waals surface area contributed by atoms with E-state index in [1.54, 1.807) is 0 Å². The average Bonchev–Trinajstić information content (AvgIpc) is 3.07. The van der Waals surface area contributed by atoms with Crippen molar-refractivity contribution in [2.45, 2.75) is 38.7 Å². The second-order valence-corrected chi connectivity index (χ2v) is 6.77. The molecule has 1 fully saturated rings. The fraction of sp³-hybridized carbons (Fsp3) is 0.500. The Morgan fingerprint density at radius 2 is 2.16 bits per heavy atom. The van der Waals surface area contributed by atoms with Crippen molar-refractivity contribution in [2.75, 3.05) is 26.2 Å². The molecule has 2 aromatic rings. The molecule has 0 aliphatic carbocycles. The predicted molar refractivity (Wildman–Crippen MR) is 103 cm³/mol. The molecule has 2 heterocycles. The summed E-state index contributed by atoms with van der Waals surface area (Å²) in [6.07, 6.45) is 4.97. The Labute approximate surface area is 149 Å². The van der Waals surface area contributed by atoms with Crippen molar-refractivity contribution in [2.24, 2.45) is 4.99 Å². The maximum absolute atomic E-state index is 5.82. The van der Waals surface area contributed by atoms with Crippen LogP contribution in [0.25, 0.3) is 10.9 Å². The normalized spacial score (nSPS) is 20.8. The van der Waals surface area contributed by atoms with Gasteiger partial charge in [-0.2, -0.15) is 0 Å². The van der Waals surface area contributed by atoms with Gasteiger partial charge in [-0.25, -0.2) is 0 Å². The predicted octanol–water partition coefficient (Wildman–Crippen LogP) is 2.90. The van der Waals surface area contributed by atoms with Gasteiger partial charge < -0.3 is 15.4 Å². The molecule has 5 nitrogen and oxygen atoms in total. The number of hydrogen-bond donors (Lipinski definition) is 2. The van der Waals surface area contributed by atoms with E-state index in [1.165, 1.54) is 10.9 Å². The van der Waals surface area contributed by atoms with E-state index in [0.29, 0.717) is 6.54 Å². The molecule has 0 bridgehead atoms. The molecule has 134 valence electrons. The van der Waals surface area contributed by atoms with E-state index in [9.17, 15) is 0 Å². The largest absolute Gasteiger partial charge is 0.373 e. The maximum atomic E-state index is 5.82. The number of rotatable bonds is 6. The number of nitrogens with one attached hydrogen (secondary N) is 2. The van der Waals surface area contributed by atoms with E-state index in [0.717, 1.165) is 50.4 Å².